The van der Waals surface area contributed by atoms with Gasteiger partial charge in [0.15, 0.2) is 0 Å². The second-order valence-electron chi connectivity index (χ2n) is 5.40. The van der Waals surface area contributed by atoms with Crippen LogP contribution in [-0.2, 0) is 11.3 Å². The highest BCUT2D eigenvalue weighted by molar-refractivity contribution is 9.10. The Balaban J connectivity index is 2.13. The lowest BCUT2D eigenvalue weighted by atomic mass is 9.78. The molecule has 0 saturated heterocycles. The third kappa shape index (κ3) is 3.58. The van der Waals surface area contributed by atoms with Crippen LogP contribution in [0, 0.1) is 0 Å². The molecule has 1 aliphatic carbocycles. The Bertz CT molecular complexity index is 440. The van der Waals surface area contributed by atoms with E-state index in [9.17, 15) is 9.90 Å². The Morgan fingerprint density at radius 1 is 1.47 bits per heavy atom. The lowest BCUT2D eigenvalue weighted by Crippen LogP contribution is -2.48. The topological polar surface area (TPSA) is 40.5 Å². The molecular weight excluding hydrogens is 326 g/mol. The minimum atomic E-state index is -0.681. The van der Waals surface area contributed by atoms with Gasteiger partial charge in [-0.1, -0.05) is 19.3 Å². The van der Waals surface area contributed by atoms with Gasteiger partial charge >= 0.3 is 5.97 Å². The van der Waals surface area contributed by atoms with Crippen LogP contribution in [0.1, 0.15) is 43.4 Å². The van der Waals surface area contributed by atoms with Crippen molar-refractivity contribution in [2.75, 3.05) is 7.05 Å². The molecule has 0 aliphatic heterocycles. The molecule has 0 unspecified atom stereocenters. The minimum absolute atomic E-state index is 0.159. The molecule has 0 aromatic carbocycles. The van der Waals surface area contributed by atoms with Crippen LogP contribution in [0.5, 0.6) is 0 Å². The zero-order valence-corrected chi connectivity index (χ0v) is 13.6. The molecule has 5 heteroatoms. The molecular formula is C14H20BrNO2S. The van der Waals surface area contributed by atoms with Crippen LogP contribution < -0.4 is 0 Å². The maximum Gasteiger partial charge on any atom is 0.305 e. The van der Waals surface area contributed by atoms with Crippen molar-refractivity contribution in [2.45, 2.75) is 50.6 Å². The molecule has 1 aromatic rings. The van der Waals surface area contributed by atoms with Crippen LogP contribution in [0.2, 0.25) is 0 Å². The Hall–Kier alpha value is -0.390. The summed E-state index contributed by atoms with van der Waals surface area (Å²) in [7, 11) is 2.07. The average molecular weight is 346 g/mol. The first kappa shape index (κ1) is 15.0. The number of rotatable bonds is 5. The zero-order chi connectivity index (χ0) is 13.9. The first-order chi connectivity index (χ1) is 9.03. The Labute approximate surface area is 126 Å². The molecule has 2 rings (SSSR count). The number of aliphatic carboxylic acids is 1. The molecule has 3 nitrogen and oxygen atoms in total. The maximum atomic E-state index is 11.2. The third-order valence-electron chi connectivity index (χ3n) is 4.15. The van der Waals surface area contributed by atoms with Crippen molar-refractivity contribution >= 4 is 33.2 Å². The van der Waals surface area contributed by atoms with E-state index in [2.05, 4.69) is 39.3 Å². The lowest BCUT2D eigenvalue weighted by Gasteiger charge is -2.44. The molecule has 1 saturated carbocycles. The van der Waals surface area contributed by atoms with Gasteiger partial charge in [0.05, 0.1) is 6.42 Å². The van der Waals surface area contributed by atoms with Gasteiger partial charge in [0, 0.05) is 21.4 Å². The van der Waals surface area contributed by atoms with Crippen LogP contribution in [0.4, 0.5) is 0 Å². The van der Waals surface area contributed by atoms with E-state index in [1.807, 2.05) is 0 Å². The van der Waals surface area contributed by atoms with Crippen molar-refractivity contribution in [3.05, 3.63) is 20.8 Å². The number of nitrogens with zero attached hydrogens (tertiary/aromatic N) is 1. The highest BCUT2D eigenvalue weighted by Crippen LogP contribution is 2.37. The standard InChI is InChI=1S/C14H20BrNO2S/c1-16(10-12-11(15)5-8-19-12)14(9-13(17)18)6-3-2-4-7-14/h5,8H,2-4,6-7,9-10H2,1H3,(H,17,18). The molecule has 0 atom stereocenters. The van der Waals surface area contributed by atoms with Crippen LogP contribution >= 0.6 is 27.3 Å². The number of hydrogen-bond acceptors (Lipinski definition) is 3. The summed E-state index contributed by atoms with van der Waals surface area (Å²) < 4.78 is 1.13. The van der Waals surface area contributed by atoms with E-state index in [1.165, 1.54) is 11.3 Å². The number of carboxylic acid groups (broad SMARTS) is 1. The molecule has 1 N–H and O–H groups in total. The van der Waals surface area contributed by atoms with E-state index in [-0.39, 0.29) is 12.0 Å². The number of halogens is 1. The molecule has 0 amide bonds. The minimum Gasteiger partial charge on any atom is -0.481 e. The van der Waals surface area contributed by atoms with Crippen LogP contribution in [0.3, 0.4) is 0 Å². The fourth-order valence-electron chi connectivity index (χ4n) is 3.01. The number of hydrogen-bond donors (Lipinski definition) is 1. The maximum absolute atomic E-state index is 11.2. The third-order valence-corrected chi connectivity index (χ3v) is 6.06. The first-order valence-electron chi connectivity index (χ1n) is 6.68. The van der Waals surface area contributed by atoms with Gasteiger partial charge in [0.2, 0.25) is 0 Å². The highest BCUT2D eigenvalue weighted by atomic mass is 79.9. The number of thiophene rings is 1. The molecule has 1 aromatic heterocycles. The van der Waals surface area contributed by atoms with Gasteiger partial charge in [0.1, 0.15) is 0 Å². The summed E-state index contributed by atoms with van der Waals surface area (Å²) in [5.74, 6) is -0.681. The SMILES string of the molecule is CN(Cc1sccc1Br)C1(CC(=O)O)CCCCC1. The molecule has 0 radical (unpaired) electrons. The van der Waals surface area contributed by atoms with Gasteiger partial charge in [-0.2, -0.15) is 0 Å². The van der Waals surface area contributed by atoms with E-state index in [4.69, 9.17) is 0 Å². The van der Waals surface area contributed by atoms with Crippen molar-refractivity contribution in [2.24, 2.45) is 0 Å². The van der Waals surface area contributed by atoms with Crippen LogP contribution in [0.15, 0.2) is 15.9 Å². The molecule has 19 heavy (non-hydrogen) atoms. The van der Waals surface area contributed by atoms with Crippen molar-refractivity contribution in [3.8, 4) is 0 Å². The second-order valence-corrected chi connectivity index (χ2v) is 7.26. The normalized spacial score (nSPS) is 18.7. The van der Waals surface area contributed by atoms with Crippen LogP contribution in [0.25, 0.3) is 0 Å². The number of carboxylic acids is 1. The van der Waals surface area contributed by atoms with E-state index in [0.29, 0.717) is 0 Å². The summed E-state index contributed by atoms with van der Waals surface area (Å²) in [5, 5.41) is 11.3. The Morgan fingerprint density at radius 2 is 2.16 bits per heavy atom. The number of carbonyl (C=O) groups is 1. The Kier molecular flexibility index (Phi) is 5.03. The van der Waals surface area contributed by atoms with E-state index in [0.717, 1.165) is 36.7 Å². The van der Waals surface area contributed by atoms with Gasteiger partial charge in [0.25, 0.3) is 0 Å². The second kappa shape index (κ2) is 6.37. The van der Waals surface area contributed by atoms with Crippen molar-refractivity contribution in [3.63, 3.8) is 0 Å². The monoisotopic (exact) mass is 345 g/mol. The molecule has 1 aliphatic rings. The van der Waals surface area contributed by atoms with Gasteiger partial charge in [-0.05, 0) is 47.3 Å². The summed E-state index contributed by atoms with van der Waals surface area (Å²) in [6, 6.07) is 2.05. The first-order valence-corrected chi connectivity index (χ1v) is 8.36. The fourth-order valence-corrected chi connectivity index (χ4v) is 4.54. The molecule has 106 valence electrons. The summed E-state index contributed by atoms with van der Waals surface area (Å²) in [4.78, 5) is 14.7. The summed E-state index contributed by atoms with van der Waals surface area (Å²) >= 11 is 5.28. The summed E-state index contributed by atoms with van der Waals surface area (Å²) in [6.07, 6.45) is 5.77. The van der Waals surface area contributed by atoms with Crippen molar-refractivity contribution in [1.29, 1.82) is 0 Å². The van der Waals surface area contributed by atoms with E-state index in [1.54, 1.807) is 11.3 Å². The van der Waals surface area contributed by atoms with Crippen LogP contribution in [-0.4, -0.2) is 28.6 Å². The Morgan fingerprint density at radius 3 is 2.68 bits per heavy atom. The molecule has 0 bridgehead atoms. The summed E-state index contributed by atoms with van der Waals surface area (Å²) in [5.41, 5.74) is -0.159. The molecule has 1 fully saturated rings. The quantitative estimate of drug-likeness (QED) is 0.872. The molecule has 1 heterocycles. The van der Waals surface area contributed by atoms with Crippen molar-refractivity contribution < 1.29 is 9.90 Å². The smallest absolute Gasteiger partial charge is 0.305 e. The fraction of sp³-hybridized carbons (Fsp3) is 0.643. The summed E-state index contributed by atoms with van der Waals surface area (Å²) in [6.45, 7) is 0.825. The predicted octanol–water partition coefficient (Wildman–Crippen LogP) is 4.12. The van der Waals surface area contributed by atoms with Crippen molar-refractivity contribution in [1.82, 2.24) is 4.90 Å². The largest absolute Gasteiger partial charge is 0.481 e. The average Bonchev–Trinajstić information content (AvgIpc) is 2.75. The highest BCUT2D eigenvalue weighted by Gasteiger charge is 2.38. The van der Waals surface area contributed by atoms with Gasteiger partial charge in [-0.3, -0.25) is 9.69 Å². The van der Waals surface area contributed by atoms with E-state index < -0.39 is 5.97 Å². The predicted molar refractivity (Wildman–Crippen MR) is 81.6 cm³/mol. The van der Waals surface area contributed by atoms with Gasteiger partial charge in [-0.15, -0.1) is 11.3 Å². The zero-order valence-electron chi connectivity index (χ0n) is 11.2. The molecule has 0 spiro atoms. The van der Waals surface area contributed by atoms with Gasteiger partial charge in [-0.25, -0.2) is 0 Å². The van der Waals surface area contributed by atoms with Gasteiger partial charge < -0.3 is 5.11 Å². The van der Waals surface area contributed by atoms with E-state index >= 15 is 0 Å². The lowest BCUT2D eigenvalue weighted by molar-refractivity contribution is -0.141.